The van der Waals surface area contributed by atoms with E-state index in [4.69, 9.17) is 5.73 Å². The first-order valence-electron chi connectivity index (χ1n) is 5.71. The molecule has 1 saturated carbocycles. The number of hydrogen-bond donors (Lipinski definition) is 1. The van der Waals surface area contributed by atoms with E-state index in [1.165, 1.54) is 32.1 Å². The van der Waals surface area contributed by atoms with Gasteiger partial charge in [0.05, 0.1) is 0 Å². The summed E-state index contributed by atoms with van der Waals surface area (Å²) in [5, 5.41) is 0. The zero-order chi connectivity index (χ0) is 10.4. The third-order valence-corrected chi connectivity index (χ3v) is 3.11. The van der Waals surface area contributed by atoms with Crippen LogP contribution in [0.15, 0.2) is 0 Å². The minimum Gasteiger partial charge on any atom is -0.343 e. The zero-order valence-electron chi connectivity index (χ0n) is 9.17. The molecule has 0 aliphatic heterocycles. The van der Waals surface area contributed by atoms with Crippen molar-refractivity contribution in [2.45, 2.75) is 51.0 Å². The summed E-state index contributed by atoms with van der Waals surface area (Å²) in [6.45, 7) is 0.615. The van der Waals surface area contributed by atoms with Crippen molar-refractivity contribution >= 4 is 5.91 Å². The van der Waals surface area contributed by atoms with Gasteiger partial charge in [-0.3, -0.25) is 4.79 Å². The molecule has 3 heteroatoms. The standard InChI is InChI=1S/C11H22N2O/c1-13(11(14)8-5-9-12)10-6-3-2-4-7-10/h10H,2-9,12H2,1H3. The summed E-state index contributed by atoms with van der Waals surface area (Å²) in [6, 6.07) is 0.494. The van der Waals surface area contributed by atoms with Crippen molar-refractivity contribution in [1.82, 2.24) is 4.90 Å². The Hall–Kier alpha value is -0.570. The predicted octanol–water partition coefficient (Wildman–Crippen LogP) is 1.52. The van der Waals surface area contributed by atoms with E-state index in [1.54, 1.807) is 0 Å². The van der Waals surface area contributed by atoms with Crippen molar-refractivity contribution in [2.24, 2.45) is 5.73 Å². The first-order valence-corrected chi connectivity index (χ1v) is 5.71. The molecule has 0 radical (unpaired) electrons. The highest BCUT2D eigenvalue weighted by Gasteiger charge is 2.21. The van der Waals surface area contributed by atoms with E-state index in [-0.39, 0.29) is 5.91 Å². The quantitative estimate of drug-likeness (QED) is 0.744. The number of amides is 1. The van der Waals surface area contributed by atoms with Gasteiger partial charge < -0.3 is 10.6 Å². The second-order valence-electron chi connectivity index (χ2n) is 4.19. The van der Waals surface area contributed by atoms with Crippen molar-refractivity contribution in [3.05, 3.63) is 0 Å². The van der Waals surface area contributed by atoms with Crippen molar-refractivity contribution < 1.29 is 4.79 Å². The Morgan fingerprint density at radius 1 is 1.36 bits per heavy atom. The SMILES string of the molecule is CN(C(=O)CCCN)C1CCCCC1. The maximum atomic E-state index is 11.7. The molecule has 0 aromatic carbocycles. The largest absolute Gasteiger partial charge is 0.343 e. The van der Waals surface area contributed by atoms with Gasteiger partial charge in [-0.2, -0.15) is 0 Å². The second kappa shape index (κ2) is 6.02. The van der Waals surface area contributed by atoms with Crippen LogP contribution in [0.1, 0.15) is 44.9 Å². The Labute approximate surface area is 86.6 Å². The molecule has 1 aliphatic carbocycles. The molecule has 0 atom stereocenters. The Bertz CT molecular complexity index is 176. The van der Waals surface area contributed by atoms with Crippen LogP contribution in [0.2, 0.25) is 0 Å². The Morgan fingerprint density at radius 2 is 2.00 bits per heavy atom. The van der Waals surface area contributed by atoms with E-state index in [1.807, 2.05) is 11.9 Å². The normalized spacial score (nSPS) is 18.1. The van der Waals surface area contributed by atoms with Crippen molar-refractivity contribution in [3.8, 4) is 0 Å². The summed E-state index contributed by atoms with van der Waals surface area (Å²) in [6.07, 6.45) is 7.69. The average molecular weight is 198 g/mol. The van der Waals surface area contributed by atoms with E-state index >= 15 is 0 Å². The van der Waals surface area contributed by atoms with Crippen LogP contribution in [0, 0.1) is 0 Å². The van der Waals surface area contributed by atoms with Gasteiger partial charge in [-0.05, 0) is 25.8 Å². The highest BCUT2D eigenvalue weighted by molar-refractivity contribution is 5.76. The molecule has 1 rings (SSSR count). The van der Waals surface area contributed by atoms with Gasteiger partial charge in [-0.1, -0.05) is 19.3 Å². The Balaban J connectivity index is 2.30. The molecule has 2 N–H and O–H groups in total. The van der Waals surface area contributed by atoms with E-state index < -0.39 is 0 Å². The molecule has 0 aromatic rings. The first kappa shape index (κ1) is 11.5. The van der Waals surface area contributed by atoms with E-state index in [9.17, 15) is 4.79 Å². The molecule has 14 heavy (non-hydrogen) atoms. The van der Waals surface area contributed by atoms with Gasteiger partial charge in [-0.25, -0.2) is 0 Å². The fraction of sp³-hybridized carbons (Fsp3) is 0.909. The predicted molar refractivity (Wildman–Crippen MR) is 57.9 cm³/mol. The molecule has 0 unspecified atom stereocenters. The molecule has 0 bridgehead atoms. The van der Waals surface area contributed by atoms with Gasteiger partial charge in [0.2, 0.25) is 5.91 Å². The monoisotopic (exact) mass is 198 g/mol. The minimum absolute atomic E-state index is 0.266. The summed E-state index contributed by atoms with van der Waals surface area (Å²) in [7, 11) is 1.94. The van der Waals surface area contributed by atoms with Crippen LogP contribution < -0.4 is 5.73 Å². The van der Waals surface area contributed by atoms with Crippen LogP contribution in [-0.4, -0.2) is 30.4 Å². The van der Waals surface area contributed by atoms with E-state index in [0.29, 0.717) is 19.0 Å². The van der Waals surface area contributed by atoms with Gasteiger partial charge in [-0.15, -0.1) is 0 Å². The van der Waals surface area contributed by atoms with Gasteiger partial charge >= 0.3 is 0 Å². The number of carbonyl (C=O) groups excluding carboxylic acids is 1. The van der Waals surface area contributed by atoms with Crippen LogP contribution in [0.25, 0.3) is 0 Å². The fourth-order valence-electron chi connectivity index (χ4n) is 2.10. The molecular formula is C11H22N2O. The molecule has 3 nitrogen and oxygen atoms in total. The van der Waals surface area contributed by atoms with E-state index in [2.05, 4.69) is 0 Å². The maximum absolute atomic E-state index is 11.7. The molecule has 0 aromatic heterocycles. The van der Waals surface area contributed by atoms with Crippen LogP contribution in [0.3, 0.4) is 0 Å². The topological polar surface area (TPSA) is 46.3 Å². The first-order chi connectivity index (χ1) is 6.75. The van der Waals surface area contributed by atoms with Crippen molar-refractivity contribution in [1.29, 1.82) is 0 Å². The molecule has 1 fully saturated rings. The smallest absolute Gasteiger partial charge is 0.222 e. The van der Waals surface area contributed by atoms with Crippen molar-refractivity contribution in [2.75, 3.05) is 13.6 Å². The van der Waals surface area contributed by atoms with Gasteiger partial charge in [0.25, 0.3) is 0 Å². The van der Waals surface area contributed by atoms with Gasteiger partial charge in [0, 0.05) is 19.5 Å². The van der Waals surface area contributed by atoms with Gasteiger partial charge in [0.15, 0.2) is 0 Å². The van der Waals surface area contributed by atoms with Crippen LogP contribution >= 0.6 is 0 Å². The molecule has 1 amide bonds. The van der Waals surface area contributed by atoms with E-state index in [0.717, 1.165) is 6.42 Å². The lowest BCUT2D eigenvalue weighted by atomic mass is 9.94. The van der Waals surface area contributed by atoms with Gasteiger partial charge in [0.1, 0.15) is 0 Å². The molecule has 1 aliphatic rings. The fourth-order valence-corrected chi connectivity index (χ4v) is 2.10. The summed E-state index contributed by atoms with van der Waals surface area (Å²) >= 11 is 0. The van der Waals surface area contributed by atoms with Crippen LogP contribution in [-0.2, 0) is 4.79 Å². The lowest BCUT2D eigenvalue weighted by Crippen LogP contribution is -2.38. The molecule has 82 valence electrons. The van der Waals surface area contributed by atoms with Crippen LogP contribution in [0.5, 0.6) is 0 Å². The number of hydrogen-bond acceptors (Lipinski definition) is 2. The highest BCUT2D eigenvalue weighted by atomic mass is 16.2. The summed E-state index contributed by atoms with van der Waals surface area (Å²) in [4.78, 5) is 13.6. The zero-order valence-corrected chi connectivity index (χ0v) is 9.17. The third-order valence-electron chi connectivity index (χ3n) is 3.11. The average Bonchev–Trinajstić information content (AvgIpc) is 2.26. The Morgan fingerprint density at radius 3 is 2.57 bits per heavy atom. The number of carbonyl (C=O) groups is 1. The van der Waals surface area contributed by atoms with Crippen molar-refractivity contribution in [3.63, 3.8) is 0 Å². The number of nitrogens with zero attached hydrogens (tertiary/aromatic N) is 1. The number of nitrogens with two attached hydrogens (primary N) is 1. The number of rotatable bonds is 4. The molecular weight excluding hydrogens is 176 g/mol. The molecule has 0 spiro atoms. The van der Waals surface area contributed by atoms with Crippen LogP contribution in [0.4, 0.5) is 0 Å². The highest BCUT2D eigenvalue weighted by Crippen LogP contribution is 2.22. The lowest BCUT2D eigenvalue weighted by Gasteiger charge is -2.31. The minimum atomic E-state index is 0.266. The summed E-state index contributed by atoms with van der Waals surface area (Å²) in [5.41, 5.74) is 5.38. The second-order valence-corrected chi connectivity index (χ2v) is 4.19. The maximum Gasteiger partial charge on any atom is 0.222 e. The summed E-state index contributed by atoms with van der Waals surface area (Å²) in [5.74, 6) is 0.266. The Kier molecular flexibility index (Phi) is 4.94. The third kappa shape index (κ3) is 3.29. The lowest BCUT2D eigenvalue weighted by molar-refractivity contribution is -0.132. The molecule has 0 saturated heterocycles. The molecule has 0 heterocycles. The summed E-state index contributed by atoms with van der Waals surface area (Å²) < 4.78 is 0.